The summed E-state index contributed by atoms with van der Waals surface area (Å²) in [6, 6.07) is 13.2. The molecule has 3 amide bonds. The Morgan fingerprint density at radius 1 is 1.03 bits per heavy atom. The molecule has 2 saturated heterocycles. The van der Waals surface area contributed by atoms with Crippen molar-refractivity contribution in [1.82, 2.24) is 5.32 Å². The smallest absolute Gasteiger partial charge is 0.313 e. The number of amides is 3. The Labute approximate surface area is 192 Å². The summed E-state index contributed by atoms with van der Waals surface area (Å²) >= 11 is 0. The van der Waals surface area contributed by atoms with E-state index in [1.807, 2.05) is 6.07 Å². The van der Waals surface area contributed by atoms with Crippen LogP contribution in [0.15, 0.2) is 48.5 Å². The van der Waals surface area contributed by atoms with Crippen molar-refractivity contribution in [3.05, 3.63) is 59.9 Å². The molecule has 0 aliphatic carbocycles. The van der Waals surface area contributed by atoms with Crippen molar-refractivity contribution in [2.45, 2.75) is 37.5 Å². The van der Waals surface area contributed by atoms with Crippen LogP contribution in [-0.2, 0) is 24.5 Å². The Hall–Kier alpha value is -3.26. The van der Waals surface area contributed by atoms with E-state index in [2.05, 4.69) is 10.6 Å². The molecule has 0 saturated carbocycles. The van der Waals surface area contributed by atoms with E-state index in [9.17, 15) is 18.8 Å². The highest BCUT2D eigenvalue weighted by molar-refractivity contribution is 6.39. The first-order valence-corrected chi connectivity index (χ1v) is 11.3. The molecule has 2 aromatic carbocycles. The van der Waals surface area contributed by atoms with Gasteiger partial charge in [0.05, 0.1) is 0 Å². The van der Waals surface area contributed by atoms with Crippen LogP contribution in [0.25, 0.3) is 0 Å². The lowest BCUT2D eigenvalue weighted by Gasteiger charge is -2.37. The fraction of sp³-hybridized carbons (Fsp3) is 0.400. The van der Waals surface area contributed by atoms with E-state index >= 15 is 0 Å². The highest BCUT2D eigenvalue weighted by Gasteiger charge is 2.35. The zero-order chi connectivity index (χ0) is 23.3. The molecule has 2 aliphatic rings. The van der Waals surface area contributed by atoms with Crippen LogP contribution in [-0.4, -0.2) is 44.0 Å². The quantitative estimate of drug-likeness (QED) is 0.681. The molecule has 8 heteroatoms. The second-order valence-electron chi connectivity index (χ2n) is 8.59. The van der Waals surface area contributed by atoms with Gasteiger partial charge in [0.2, 0.25) is 5.91 Å². The molecule has 0 bridgehead atoms. The van der Waals surface area contributed by atoms with E-state index in [0.29, 0.717) is 50.4 Å². The van der Waals surface area contributed by atoms with Gasteiger partial charge in [0.25, 0.3) is 0 Å². The zero-order valence-corrected chi connectivity index (χ0v) is 18.4. The maximum absolute atomic E-state index is 13.4. The number of benzene rings is 2. The highest BCUT2D eigenvalue weighted by atomic mass is 19.1. The molecule has 2 aromatic rings. The maximum Gasteiger partial charge on any atom is 0.313 e. The van der Waals surface area contributed by atoms with Crippen molar-refractivity contribution in [1.29, 1.82) is 0 Å². The molecule has 0 aromatic heterocycles. The summed E-state index contributed by atoms with van der Waals surface area (Å²) < 4.78 is 18.9. The molecule has 33 heavy (non-hydrogen) atoms. The maximum atomic E-state index is 13.4. The number of nitrogens with zero attached hydrogens (tertiary/aromatic N) is 1. The molecule has 2 aliphatic heterocycles. The van der Waals surface area contributed by atoms with Crippen molar-refractivity contribution in [2.24, 2.45) is 0 Å². The highest BCUT2D eigenvalue weighted by Crippen LogP contribution is 2.34. The van der Waals surface area contributed by atoms with Crippen LogP contribution >= 0.6 is 0 Å². The van der Waals surface area contributed by atoms with Crippen LogP contribution in [0.1, 0.15) is 37.7 Å². The third kappa shape index (κ3) is 5.39. The van der Waals surface area contributed by atoms with Crippen LogP contribution in [0.4, 0.5) is 15.8 Å². The second-order valence-corrected chi connectivity index (χ2v) is 8.59. The van der Waals surface area contributed by atoms with Crippen molar-refractivity contribution in [3.8, 4) is 0 Å². The van der Waals surface area contributed by atoms with E-state index in [-0.39, 0.29) is 18.3 Å². The SMILES string of the molecule is O=C(NCC1(c2ccc(F)cc2)CCOCC1)C(=O)Nc1cccc(N2CCCCC2=O)c1. The number of piperidine rings is 1. The molecule has 7 nitrogen and oxygen atoms in total. The molecule has 174 valence electrons. The molecular weight excluding hydrogens is 425 g/mol. The first-order valence-electron chi connectivity index (χ1n) is 11.3. The Kier molecular flexibility index (Phi) is 7.03. The van der Waals surface area contributed by atoms with E-state index in [1.165, 1.54) is 12.1 Å². The average Bonchev–Trinajstić information content (AvgIpc) is 2.84. The predicted octanol–water partition coefficient (Wildman–Crippen LogP) is 3.15. The van der Waals surface area contributed by atoms with Crippen LogP contribution in [0.2, 0.25) is 0 Å². The van der Waals surface area contributed by atoms with Crippen molar-refractivity contribution >= 4 is 29.1 Å². The molecular formula is C25H28FN3O4. The first kappa shape index (κ1) is 22.9. The summed E-state index contributed by atoms with van der Waals surface area (Å²) in [5.74, 6) is -1.79. The third-order valence-electron chi connectivity index (χ3n) is 6.44. The van der Waals surface area contributed by atoms with Gasteiger partial charge >= 0.3 is 11.8 Å². The number of halogens is 1. The van der Waals surface area contributed by atoms with Crippen molar-refractivity contribution in [2.75, 3.05) is 36.5 Å². The second kappa shape index (κ2) is 10.1. The van der Waals surface area contributed by atoms with E-state index < -0.39 is 17.2 Å². The number of hydrogen-bond acceptors (Lipinski definition) is 4. The van der Waals surface area contributed by atoms with Crippen molar-refractivity contribution in [3.63, 3.8) is 0 Å². The topological polar surface area (TPSA) is 87.7 Å². The van der Waals surface area contributed by atoms with Gasteiger partial charge in [-0.25, -0.2) is 4.39 Å². The molecule has 2 N–H and O–H groups in total. The number of anilines is 2. The fourth-order valence-corrected chi connectivity index (χ4v) is 4.48. The van der Waals surface area contributed by atoms with Gasteiger partial charge in [-0.1, -0.05) is 18.2 Å². The summed E-state index contributed by atoms with van der Waals surface area (Å²) in [7, 11) is 0. The lowest BCUT2D eigenvalue weighted by molar-refractivity contribution is -0.136. The summed E-state index contributed by atoms with van der Waals surface area (Å²) in [5, 5.41) is 5.37. The van der Waals surface area contributed by atoms with Gasteiger partial charge in [-0.15, -0.1) is 0 Å². The zero-order valence-electron chi connectivity index (χ0n) is 18.4. The Morgan fingerprint density at radius 3 is 2.52 bits per heavy atom. The summed E-state index contributed by atoms with van der Waals surface area (Å²) in [5.41, 5.74) is 1.64. The minimum atomic E-state index is -0.779. The van der Waals surface area contributed by atoms with Gasteiger partial charge < -0.3 is 20.3 Å². The van der Waals surface area contributed by atoms with Gasteiger partial charge in [0.15, 0.2) is 0 Å². The van der Waals surface area contributed by atoms with Gasteiger partial charge in [0, 0.05) is 49.5 Å². The van der Waals surface area contributed by atoms with Crippen LogP contribution in [0.5, 0.6) is 0 Å². The number of ether oxygens (including phenoxy) is 1. The lowest BCUT2D eigenvalue weighted by atomic mass is 9.74. The van der Waals surface area contributed by atoms with Gasteiger partial charge in [-0.2, -0.15) is 0 Å². The van der Waals surface area contributed by atoms with E-state index in [0.717, 1.165) is 18.4 Å². The van der Waals surface area contributed by atoms with Crippen LogP contribution in [0.3, 0.4) is 0 Å². The largest absolute Gasteiger partial charge is 0.381 e. The van der Waals surface area contributed by atoms with Gasteiger partial charge in [-0.3, -0.25) is 14.4 Å². The Balaban J connectivity index is 1.40. The Morgan fingerprint density at radius 2 is 1.79 bits per heavy atom. The first-order chi connectivity index (χ1) is 16.0. The molecule has 0 radical (unpaired) electrons. The Bertz CT molecular complexity index is 1020. The number of carbonyl (C=O) groups is 3. The number of rotatable bonds is 5. The van der Waals surface area contributed by atoms with Crippen LogP contribution < -0.4 is 15.5 Å². The summed E-state index contributed by atoms with van der Waals surface area (Å²) in [6.07, 6.45) is 3.65. The fourth-order valence-electron chi connectivity index (χ4n) is 4.48. The van der Waals surface area contributed by atoms with E-state index in [4.69, 9.17) is 4.74 Å². The lowest BCUT2D eigenvalue weighted by Crippen LogP contribution is -2.47. The molecule has 0 atom stereocenters. The molecule has 2 heterocycles. The number of hydrogen-bond donors (Lipinski definition) is 2. The van der Waals surface area contributed by atoms with Gasteiger partial charge in [-0.05, 0) is 61.6 Å². The molecule has 0 spiro atoms. The number of carbonyl (C=O) groups excluding carboxylic acids is 3. The average molecular weight is 454 g/mol. The summed E-state index contributed by atoms with van der Waals surface area (Å²) in [4.78, 5) is 39.0. The number of nitrogens with one attached hydrogen (secondary N) is 2. The minimum Gasteiger partial charge on any atom is -0.381 e. The van der Waals surface area contributed by atoms with Gasteiger partial charge in [0.1, 0.15) is 5.82 Å². The standard InChI is InChI=1S/C25H28FN3O4/c26-19-9-7-18(8-10-19)25(11-14-33-15-12-25)17-27-23(31)24(32)28-20-4-3-5-21(16-20)29-13-2-1-6-22(29)30/h3-5,7-10,16H,1-2,6,11-15,17H2,(H,27,31)(H,28,32). The van der Waals surface area contributed by atoms with E-state index in [1.54, 1.807) is 35.2 Å². The predicted molar refractivity (Wildman–Crippen MR) is 122 cm³/mol. The molecule has 4 rings (SSSR count). The van der Waals surface area contributed by atoms with Crippen molar-refractivity contribution < 1.29 is 23.5 Å². The molecule has 0 unspecified atom stereocenters. The third-order valence-corrected chi connectivity index (χ3v) is 6.44. The monoisotopic (exact) mass is 453 g/mol. The molecule has 2 fully saturated rings. The van der Waals surface area contributed by atoms with Crippen LogP contribution in [0, 0.1) is 5.82 Å². The normalized spacial score (nSPS) is 18.0. The minimum absolute atomic E-state index is 0.0602. The summed E-state index contributed by atoms with van der Waals surface area (Å²) in [6.45, 7) is 1.95.